The van der Waals surface area contributed by atoms with Crippen molar-refractivity contribution in [2.24, 2.45) is 0 Å². The lowest BCUT2D eigenvalue weighted by molar-refractivity contribution is -0.116. The molecule has 0 rings (SSSR count). The molecule has 0 saturated heterocycles. The normalized spacial score (nSPS) is 9.80. The van der Waals surface area contributed by atoms with Crippen molar-refractivity contribution in [1.29, 1.82) is 0 Å². The molecule has 56 valence electrons. The van der Waals surface area contributed by atoms with Gasteiger partial charge in [0.1, 0.15) is 0 Å². The van der Waals surface area contributed by atoms with Crippen molar-refractivity contribution >= 4 is 21.8 Å². The fourth-order valence-electron chi connectivity index (χ4n) is 0.393. The van der Waals surface area contributed by atoms with Crippen LogP contribution in [0.1, 0.15) is 6.92 Å². The average Bonchev–Trinajstić information content (AvgIpc) is 1.85. The van der Waals surface area contributed by atoms with E-state index in [2.05, 4.69) is 27.8 Å². The fourth-order valence-corrected chi connectivity index (χ4v) is 0.534. The van der Waals surface area contributed by atoms with Gasteiger partial charge in [0.05, 0.1) is 0 Å². The van der Waals surface area contributed by atoms with Gasteiger partial charge in [0.25, 0.3) is 0 Å². The van der Waals surface area contributed by atoms with Gasteiger partial charge in [-0.3, -0.25) is 4.79 Å². The maximum Gasteiger partial charge on any atom is 0.243 e. The summed E-state index contributed by atoms with van der Waals surface area (Å²) in [5.41, 5.74) is 0. The van der Waals surface area contributed by atoms with Crippen molar-refractivity contribution < 1.29 is 4.79 Å². The zero-order chi connectivity index (χ0) is 7.98. The lowest BCUT2D eigenvalue weighted by atomic mass is 10.5. The van der Waals surface area contributed by atoms with E-state index in [9.17, 15) is 4.79 Å². The summed E-state index contributed by atoms with van der Waals surface area (Å²) in [5.74, 6) is -0.0944. The summed E-state index contributed by atoms with van der Waals surface area (Å²) in [5, 5.41) is 2.61. The Hall–Kier alpha value is -0.570. The molecule has 0 saturated carbocycles. The molecule has 0 aliphatic carbocycles. The van der Waals surface area contributed by atoms with E-state index in [0.717, 1.165) is 4.48 Å². The topological polar surface area (TPSA) is 29.1 Å². The van der Waals surface area contributed by atoms with E-state index in [4.69, 9.17) is 0 Å². The molecule has 0 fully saturated rings. The molecule has 0 unspecified atom stereocenters. The molecule has 0 spiro atoms. The van der Waals surface area contributed by atoms with Gasteiger partial charge in [-0.25, -0.2) is 0 Å². The number of carbonyl (C=O) groups excluding carboxylic acids is 1. The van der Waals surface area contributed by atoms with Crippen LogP contribution in [0.3, 0.4) is 0 Å². The summed E-state index contributed by atoms with van der Waals surface area (Å²) in [6, 6.07) is 0. The van der Waals surface area contributed by atoms with Crippen LogP contribution in [0, 0.1) is 0 Å². The van der Waals surface area contributed by atoms with Gasteiger partial charge in [0.15, 0.2) is 0 Å². The largest absolute Gasteiger partial charge is 0.348 e. The monoisotopic (exact) mass is 203 g/mol. The molecule has 0 aliphatic heterocycles. The molecule has 10 heavy (non-hydrogen) atoms. The molecular weight excluding hydrogens is 194 g/mol. The lowest BCUT2D eigenvalue weighted by Gasteiger charge is -1.97. The first-order valence-electron chi connectivity index (χ1n) is 2.90. The summed E-state index contributed by atoms with van der Waals surface area (Å²) in [6.45, 7) is 5.83. The highest BCUT2D eigenvalue weighted by Crippen LogP contribution is 1.96. The molecule has 0 bridgehead atoms. The first-order valence-corrected chi connectivity index (χ1v) is 3.70. The third-order valence-corrected chi connectivity index (χ3v) is 1.05. The van der Waals surface area contributed by atoms with Gasteiger partial charge in [-0.05, 0) is 13.0 Å². The molecule has 1 N–H and O–H groups in total. The minimum Gasteiger partial charge on any atom is -0.348 e. The molecule has 3 heteroatoms. The van der Waals surface area contributed by atoms with Crippen molar-refractivity contribution in [1.82, 2.24) is 5.32 Å². The van der Waals surface area contributed by atoms with Crippen molar-refractivity contribution in [3.05, 3.63) is 23.2 Å². The first kappa shape index (κ1) is 9.43. The predicted molar refractivity (Wildman–Crippen MR) is 45.9 cm³/mol. The van der Waals surface area contributed by atoms with Gasteiger partial charge >= 0.3 is 0 Å². The van der Waals surface area contributed by atoms with Gasteiger partial charge in [-0.15, -0.1) is 0 Å². The Kier molecular flexibility index (Phi) is 4.94. The van der Waals surface area contributed by atoms with E-state index in [1.807, 2.05) is 0 Å². The van der Waals surface area contributed by atoms with Crippen LogP contribution in [-0.4, -0.2) is 12.5 Å². The number of amides is 1. The number of halogens is 1. The number of carbonyl (C=O) groups is 1. The van der Waals surface area contributed by atoms with Crippen molar-refractivity contribution in [2.75, 3.05) is 6.54 Å². The van der Waals surface area contributed by atoms with Gasteiger partial charge in [-0.2, -0.15) is 0 Å². The number of rotatable bonds is 3. The Morgan fingerprint density at radius 2 is 2.40 bits per heavy atom. The van der Waals surface area contributed by atoms with Crippen molar-refractivity contribution in [3.8, 4) is 0 Å². The second-order valence-electron chi connectivity index (χ2n) is 1.74. The first-order chi connectivity index (χ1) is 4.66. The highest BCUT2D eigenvalue weighted by molar-refractivity contribution is 9.11. The predicted octanol–water partition coefficient (Wildman–Crippen LogP) is 1.59. The lowest BCUT2D eigenvalue weighted by Crippen LogP contribution is -2.21. The third-order valence-electron chi connectivity index (χ3n) is 0.772. The fraction of sp³-hybridized carbons (Fsp3) is 0.286. The highest BCUT2D eigenvalue weighted by Gasteiger charge is 1.92. The van der Waals surface area contributed by atoms with Crippen LogP contribution < -0.4 is 5.32 Å². The SMILES string of the molecule is C=C(Br)CNC(=O)/C=C/C. The number of allylic oxidation sites excluding steroid dienone is 1. The van der Waals surface area contributed by atoms with E-state index in [0.29, 0.717) is 6.54 Å². The van der Waals surface area contributed by atoms with Crippen molar-refractivity contribution in [3.63, 3.8) is 0 Å². The molecule has 0 radical (unpaired) electrons. The third kappa shape index (κ3) is 5.56. The molecule has 0 aromatic rings. The Morgan fingerprint density at radius 3 is 2.80 bits per heavy atom. The smallest absolute Gasteiger partial charge is 0.243 e. The van der Waals surface area contributed by atoms with Crippen LogP contribution in [0.4, 0.5) is 0 Å². The van der Waals surface area contributed by atoms with Crippen LogP contribution in [-0.2, 0) is 4.79 Å². The van der Waals surface area contributed by atoms with Crippen LogP contribution in [0.5, 0.6) is 0 Å². The minimum atomic E-state index is -0.0944. The van der Waals surface area contributed by atoms with Gasteiger partial charge < -0.3 is 5.32 Å². The Morgan fingerprint density at radius 1 is 1.80 bits per heavy atom. The molecule has 0 atom stereocenters. The average molecular weight is 204 g/mol. The maximum atomic E-state index is 10.7. The maximum absolute atomic E-state index is 10.7. The van der Waals surface area contributed by atoms with Crippen LogP contribution >= 0.6 is 15.9 Å². The van der Waals surface area contributed by atoms with Gasteiger partial charge in [-0.1, -0.05) is 28.6 Å². The molecule has 0 aromatic heterocycles. The van der Waals surface area contributed by atoms with E-state index >= 15 is 0 Å². The van der Waals surface area contributed by atoms with Crippen LogP contribution in [0.15, 0.2) is 23.2 Å². The van der Waals surface area contributed by atoms with Crippen LogP contribution in [0.25, 0.3) is 0 Å². The second kappa shape index (κ2) is 5.23. The zero-order valence-corrected chi connectivity index (χ0v) is 7.44. The molecule has 0 aliphatic rings. The summed E-state index contributed by atoms with van der Waals surface area (Å²) in [6.07, 6.45) is 3.16. The number of hydrogen-bond donors (Lipinski definition) is 1. The quantitative estimate of drug-likeness (QED) is 0.695. The Balaban J connectivity index is 3.50. The Bertz CT molecular complexity index is 163. The molecule has 1 amide bonds. The van der Waals surface area contributed by atoms with Gasteiger partial charge in [0.2, 0.25) is 5.91 Å². The highest BCUT2D eigenvalue weighted by atomic mass is 79.9. The molecule has 2 nitrogen and oxygen atoms in total. The van der Waals surface area contributed by atoms with E-state index in [1.165, 1.54) is 6.08 Å². The van der Waals surface area contributed by atoms with E-state index < -0.39 is 0 Å². The van der Waals surface area contributed by atoms with E-state index in [-0.39, 0.29) is 5.91 Å². The van der Waals surface area contributed by atoms with E-state index in [1.54, 1.807) is 13.0 Å². The summed E-state index contributed by atoms with van der Waals surface area (Å²) in [7, 11) is 0. The molecular formula is C7H10BrNO. The summed E-state index contributed by atoms with van der Waals surface area (Å²) < 4.78 is 0.769. The number of hydrogen-bond acceptors (Lipinski definition) is 1. The van der Waals surface area contributed by atoms with Crippen LogP contribution in [0.2, 0.25) is 0 Å². The van der Waals surface area contributed by atoms with Crippen molar-refractivity contribution in [2.45, 2.75) is 6.92 Å². The molecule has 0 heterocycles. The summed E-state index contributed by atoms with van der Waals surface area (Å²) in [4.78, 5) is 10.7. The summed E-state index contributed by atoms with van der Waals surface area (Å²) >= 11 is 3.12. The van der Waals surface area contributed by atoms with Gasteiger partial charge in [0, 0.05) is 11.0 Å². The standard InChI is InChI=1S/C7H10BrNO/c1-3-4-7(10)9-5-6(2)8/h3-4H,2,5H2,1H3,(H,9,10)/b4-3+. The number of nitrogens with one attached hydrogen (secondary N) is 1. The second-order valence-corrected chi connectivity index (χ2v) is 2.86. The molecule has 0 aromatic carbocycles. The Labute approximate surface area is 69.1 Å². The zero-order valence-electron chi connectivity index (χ0n) is 5.86. The minimum absolute atomic E-state index is 0.0944.